The summed E-state index contributed by atoms with van der Waals surface area (Å²) in [5.74, 6) is 1.83. The summed E-state index contributed by atoms with van der Waals surface area (Å²) in [5.41, 5.74) is 16.2. The first kappa shape index (κ1) is 39.2. The molecule has 0 bridgehead atoms. The van der Waals surface area contributed by atoms with Crippen LogP contribution in [0.1, 0.15) is 0 Å². The normalized spacial score (nSPS) is 11.5. The second-order valence-electron chi connectivity index (χ2n) is 17.2. The highest BCUT2D eigenvalue weighted by Gasteiger charge is 2.23. The predicted octanol–water partition coefficient (Wildman–Crippen LogP) is 16.1. The molecule has 0 atom stereocenters. The molecule has 3 heterocycles. The molecule has 0 unspecified atom stereocenters. The van der Waals surface area contributed by atoms with Crippen LogP contribution in [0, 0.1) is 0 Å². The molecule has 5 nitrogen and oxygen atoms in total. The largest absolute Gasteiger partial charge is 0.309 e. The summed E-state index contributed by atoms with van der Waals surface area (Å²) >= 11 is 0. The molecular weight excluding hydrogens is 827 g/mol. The highest BCUT2D eigenvalue weighted by molar-refractivity contribution is 6.14. The van der Waals surface area contributed by atoms with Gasteiger partial charge in [-0.3, -0.25) is 0 Å². The Kier molecular flexibility index (Phi) is 9.43. The van der Waals surface area contributed by atoms with Crippen molar-refractivity contribution < 1.29 is 0 Å². The average molecular weight is 868 g/mol. The van der Waals surface area contributed by atoms with Gasteiger partial charge < -0.3 is 9.13 Å². The average Bonchev–Trinajstić information content (AvgIpc) is 3.93. The van der Waals surface area contributed by atoms with Crippen LogP contribution in [0.5, 0.6) is 0 Å². The molecule has 0 fully saturated rings. The van der Waals surface area contributed by atoms with Crippen molar-refractivity contribution in [3.05, 3.63) is 249 Å². The number of hydrogen-bond donors (Lipinski definition) is 0. The highest BCUT2D eigenvalue weighted by atomic mass is 15.1. The van der Waals surface area contributed by atoms with Gasteiger partial charge >= 0.3 is 0 Å². The van der Waals surface area contributed by atoms with E-state index in [1.807, 2.05) is 24.3 Å². The molecule has 0 spiro atoms. The summed E-state index contributed by atoms with van der Waals surface area (Å²) in [7, 11) is 0. The lowest BCUT2D eigenvalue weighted by Gasteiger charge is -2.18. The molecule has 5 heteroatoms. The molecule has 0 radical (unpaired) electrons. The molecule has 0 saturated heterocycles. The first-order valence-electron chi connectivity index (χ1n) is 23.0. The van der Waals surface area contributed by atoms with Gasteiger partial charge in [-0.05, 0) is 70.3 Å². The lowest BCUT2D eigenvalue weighted by molar-refractivity contribution is 1.06. The van der Waals surface area contributed by atoms with Crippen molar-refractivity contribution in [3.63, 3.8) is 0 Å². The third-order valence-electron chi connectivity index (χ3n) is 13.2. The van der Waals surface area contributed by atoms with E-state index >= 15 is 0 Å². The summed E-state index contributed by atoms with van der Waals surface area (Å²) < 4.78 is 4.88. The predicted molar refractivity (Wildman–Crippen MR) is 281 cm³/mol. The van der Waals surface area contributed by atoms with Crippen LogP contribution in [0.2, 0.25) is 0 Å². The van der Waals surface area contributed by atoms with Crippen molar-refractivity contribution in [2.45, 2.75) is 0 Å². The third kappa shape index (κ3) is 6.68. The second-order valence-corrected chi connectivity index (χ2v) is 17.2. The summed E-state index contributed by atoms with van der Waals surface area (Å²) in [6, 6.07) is 88.3. The van der Waals surface area contributed by atoms with Crippen molar-refractivity contribution in [1.29, 1.82) is 0 Å². The van der Waals surface area contributed by atoms with Crippen LogP contribution >= 0.6 is 0 Å². The Labute approximate surface area is 393 Å². The van der Waals surface area contributed by atoms with Crippen LogP contribution < -0.4 is 0 Å². The van der Waals surface area contributed by atoms with Crippen LogP contribution in [0.4, 0.5) is 0 Å². The van der Waals surface area contributed by atoms with Crippen LogP contribution in [0.15, 0.2) is 249 Å². The Morgan fingerprint density at radius 3 is 1.28 bits per heavy atom. The first-order valence-corrected chi connectivity index (χ1v) is 23.0. The van der Waals surface area contributed by atoms with Gasteiger partial charge in [0.1, 0.15) is 0 Å². The maximum Gasteiger partial charge on any atom is 0.166 e. The van der Waals surface area contributed by atoms with E-state index in [9.17, 15) is 0 Å². The Morgan fingerprint density at radius 2 is 0.632 bits per heavy atom. The third-order valence-corrected chi connectivity index (χ3v) is 13.2. The maximum atomic E-state index is 5.31. The van der Waals surface area contributed by atoms with E-state index in [0.717, 1.165) is 83.2 Å². The van der Waals surface area contributed by atoms with E-state index in [0.29, 0.717) is 17.5 Å². The van der Waals surface area contributed by atoms with E-state index in [-0.39, 0.29) is 0 Å². The van der Waals surface area contributed by atoms with Crippen molar-refractivity contribution in [2.24, 2.45) is 0 Å². The summed E-state index contributed by atoms with van der Waals surface area (Å²) in [5, 5.41) is 4.74. The fraction of sp³-hybridized carbons (Fsp3) is 0. The minimum absolute atomic E-state index is 0.597. The van der Waals surface area contributed by atoms with E-state index < -0.39 is 0 Å². The minimum atomic E-state index is 0.597. The van der Waals surface area contributed by atoms with E-state index in [4.69, 9.17) is 15.0 Å². The van der Waals surface area contributed by atoms with Gasteiger partial charge in [-0.15, -0.1) is 0 Å². The first-order chi connectivity index (χ1) is 33.7. The molecule has 0 saturated carbocycles. The van der Waals surface area contributed by atoms with Crippen molar-refractivity contribution in [3.8, 4) is 78.9 Å². The fourth-order valence-corrected chi connectivity index (χ4v) is 9.98. The van der Waals surface area contributed by atoms with Crippen LogP contribution in [0.3, 0.4) is 0 Å². The van der Waals surface area contributed by atoms with Gasteiger partial charge in [-0.1, -0.05) is 206 Å². The van der Waals surface area contributed by atoms with Crippen molar-refractivity contribution >= 4 is 43.6 Å². The Bertz CT molecular complexity index is 3990. The quantitative estimate of drug-likeness (QED) is 0.153. The van der Waals surface area contributed by atoms with E-state index in [2.05, 4.69) is 234 Å². The van der Waals surface area contributed by atoms with Gasteiger partial charge in [-0.25, -0.2) is 15.0 Å². The topological polar surface area (TPSA) is 48.5 Å². The highest BCUT2D eigenvalue weighted by Crippen LogP contribution is 2.43. The molecule has 0 amide bonds. The molecule has 0 aliphatic heterocycles. The Morgan fingerprint density at radius 1 is 0.221 bits per heavy atom. The number of para-hydroxylation sites is 3. The zero-order chi connectivity index (χ0) is 45.0. The lowest BCUT2D eigenvalue weighted by atomic mass is 9.99. The summed E-state index contributed by atoms with van der Waals surface area (Å²) in [4.78, 5) is 15.7. The van der Waals surface area contributed by atoms with E-state index in [1.54, 1.807) is 0 Å². The molecule has 0 aliphatic rings. The second kappa shape index (κ2) is 16.4. The van der Waals surface area contributed by atoms with Gasteiger partial charge in [0.05, 0.1) is 33.4 Å². The number of nitrogens with zero attached hydrogens (tertiary/aromatic N) is 5. The molecule has 0 aliphatic carbocycles. The molecular formula is C63H41N5. The number of hydrogen-bond acceptors (Lipinski definition) is 3. The molecule has 13 rings (SSSR count). The van der Waals surface area contributed by atoms with Gasteiger partial charge in [0.2, 0.25) is 0 Å². The maximum absolute atomic E-state index is 5.31. The lowest BCUT2D eigenvalue weighted by Crippen LogP contribution is -2.04. The zero-order valence-electron chi connectivity index (χ0n) is 36.9. The Balaban J connectivity index is 1.07. The molecule has 3 aromatic heterocycles. The SMILES string of the molecule is c1ccc(-c2ccc(-c3nc(-c4ccccc4)nc(-c4ccccc4-n4c5ccccc5c5cc(-c6ccccc6)c(-n6c7ccccc7c7ccc(-c8ccccc8)cc76)cc54)n3)cc2)cc1. The standard InChI is InChI=1S/C63H41N5/c1-5-19-42(20-6-1)44-33-35-47(36-34-44)62-64-61(46-25-11-4-12-26-46)65-63(66-62)52-29-15-18-32-57(52)67-56-31-17-14-28-50(56)54-40-53(45-23-9-3-10-24-45)59(41-60(54)67)68-55-30-16-13-27-49(55)51-38-37-48(39-58(51)68)43-21-7-2-8-22-43/h1-41H. The molecule has 68 heavy (non-hydrogen) atoms. The summed E-state index contributed by atoms with van der Waals surface area (Å²) in [6.45, 7) is 0. The smallest absolute Gasteiger partial charge is 0.166 e. The monoisotopic (exact) mass is 867 g/mol. The van der Waals surface area contributed by atoms with Crippen molar-refractivity contribution in [2.75, 3.05) is 0 Å². The van der Waals surface area contributed by atoms with Crippen LogP contribution in [0.25, 0.3) is 123 Å². The minimum Gasteiger partial charge on any atom is -0.309 e. The molecule has 10 aromatic carbocycles. The van der Waals surface area contributed by atoms with Gasteiger partial charge in [0, 0.05) is 43.8 Å². The Hall–Kier alpha value is -9.19. The van der Waals surface area contributed by atoms with Crippen LogP contribution in [-0.4, -0.2) is 24.1 Å². The number of benzene rings is 10. The number of rotatable bonds is 8. The summed E-state index contributed by atoms with van der Waals surface area (Å²) in [6.07, 6.45) is 0. The fourth-order valence-electron chi connectivity index (χ4n) is 9.98. The van der Waals surface area contributed by atoms with Crippen LogP contribution in [-0.2, 0) is 0 Å². The van der Waals surface area contributed by atoms with Gasteiger partial charge in [0.15, 0.2) is 17.5 Å². The van der Waals surface area contributed by atoms with E-state index in [1.165, 1.54) is 21.9 Å². The molecule has 318 valence electrons. The number of aromatic nitrogens is 5. The van der Waals surface area contributed by atoms with Gasteiger partial charge in [0.25, 0.3) is 0 Å². The van der Waals surface area contributed by atoms with Gasteiger partial charge in [-0.2, -0.15) is 0 Å². The molecule has 0 N–H and O–H groups in total. The number of fused-ring (bicyclic) bond motifs is 6. The zero-order valence-corrected chi connectivity index (χ0v) is 36.9. The molecule has 13 aromatic rings. The van der Waals surface area contributed by atoms with Crippen molar-refractivity contribution in [1.82, 2.24) is 24.1 Å².